The van der Waals surface area contributed by atoms with Crippen LogP contribution in [0.15, 0.2) is 12.1 Å². The Morgan fingerprint density at radius 3 is 2.60 bits per heavy atom. The third-order valence-corrected chi connectivity index (χ3v) is 5.76. The number of nitrogens with zero attached hydrogens (tertiary/aromatic N) is 3. The maximum atomic E-state index is 5.88. The fourth-order valence-corrected chi connectivity index (χ4v) is 4.21. The lowest BCUT2D eigenvalue weighted by Crippen LogP contribution is -2.61. The van der Waals surface area contributed by atoms with Crippen LogP contribution in [0.2, 0.25) is 0 Å². The Morgan fingerprint density at radius 2 is 1.88 bits per heavy atom. The van der Waals surface area contributed by atoms with E-state index in [-0.39, 0.29) is 0 Å². The van der Waals surface area contributed by atoms with Gasteiger partial charge in [-0.3, -0.25) is 9.80 Å². The van der Waals surface area contributed by atoms with Gasteiger partial charge >= 0.3 is 0 Å². The highest BCUT2D eigenvalue weighted by Gasteiger charge is 2.31. The highest BCUT2D eigenvalue weighted by molar-refractivity contribution is 5.44. The van der Waals surface area contributed by atoms with E-state index in [9.17, 15) is 0 Å². The van der Waals surface area contributed by atoms with E-state index in [2.05, 4.69) is 61.6 Å². The Morgan fingerprint density at radius 1 is 1.12 bits per heavy atom. The summed E-state index contributed by atoms with van der Waals surface area (Å²) in [5.74, 6) is 1.56. The fourth-order valence-electron chi connectivity index (χ4n) is 4.21. The lowest BCUT2D eigenvalue weighted by atomic mass is 9.95. The van der Waals surface area contributed by atoms with Crippen LogP contribution in [0.1, 0.15) is 43.4 Å². The van der Waals surface area contributed by atoms with Gasteiger partial charge in [0, 0.05) is 51.9 Å². The summed E-state index contributed by atoms with van der Waals surface area (Å²) in [6.45, 7) is 17.8. The third-order valence-electron chi connectivity index (χ3n) is 5.76. The van der Waals surface area contributed by atoms with Crippen molar-refractivity contribution in [3.05, 3.63) is 28.8 Å². The number of rotatable bonds is 5. The van der Waals surface area contributed by atoms with E-state index in [1.807, 2.05) is 0 Å². The lowest BCUT2D eigenvalue weighted by molar-refractivity contribution is 0.0174. The first kappa shape index (κ1) is 18.7. The smallest absolute Gasteiger partial charge is 0.123 e. The van der Waals surface area contributed by atoms with E-state index in [0.29, 0.717) is 12.0 Å². The van der Waals surface area contributed by atoms with Crippen molar-refractivity contribution in [1.82, 2.24) is 14.7 Å². The minimum absolute atomic E-state index is 0.491. The van der Waals surface area contributed by atoms with E-state index < -0.39 is 0 Å². The van der Waals surface area contributed by atoms with Crippen LogP contribution in [-0.2, 0) is 6.54 Å². The number of likely N-dealkylation sites (N-methyl/N-ethyl adjacent to an activating group) is 1. The second-order valence-corrected chi connectivity index (χ2v) is 8.09. The number of piperazine rings is 2. The van der Waals surface area contributed by atoms with Crippen molar-refractivity contribution >= 4 is 0 Å². The lowest BCUT2D eigenvalue weighted by Gasteiger charge is -2.46. The van der Waals surface area contributed by atoms with Crippen molar-refractivity contribution in [2.75, 3.05) is 52.9 Å². The minimum Gasteiger partial charge on any atom is -0.494 e. The largest absolute Gasteiger partial charge is 0.494 e. The molecule has 1 atom stereocenters. The zero-order chi connectivity index (χ0) is 18.0. The summed E-state index contributed by atoms with van der Waals surface area (Å²) in [5.41, 5.74) is 4.17. The predicted molar refractivity (Wildman–Crippen MR) is 105 cm³/mol. The van der Waals surface area contributed by atoms with Crippen LogP contribution in [0, 0.1) is 6.92 Å². The Labute approximate surface area is 153 Å². The summed E-state index contributed by atoms with van der Waals surface area (Å²) in [4.78, 5) is 7.80. The topological polar surface area (TPSA) is 19.0 Å². The van der Waals surface area contributed by atoms with Crippen molar-refractivity contribution in [1.29, 1.82) is 0 Å². The normalized spacial score (nSPS) is 23.0. The van der Waals surface area contributed by atoms with Crippen LogP contribution in [0.5, 0.6) is 5.75 Å². The quantitative estimate of drug-likeness (QED) is 0.817. The molecule has 2 heterocycles. The molecule has 2 saturated heterocycles. The van der Waals surface area contributed by atoms with E-state index in [4.69, 9.17) is 4.74 Å². The zero-order valence-corrected chi connectivity index (χ0v) is 16.7. The Bertz CT molecular complexity index is 587. The molecule has 0 aliphatic carbocycles. The molecule has 0 saturated carbocycles. The molecular weight excluding hydrogens is 310 g/mol. The summed E-state index contributed by atoms with van der Waals surface area (Å²) < 4.78 is 5.88. The maximum absolute atomic E-state index is 5.88. The summed E-state index contributed by atoms with van der Waals surface area (Å²) in [6.07, 6.45) is 0. The average Bonchev–Trinajstić information content (AvgIpc) is 2.56. The van der Waals surface area contributed by atoms with Gasteiger partial charge in [-0.05, 0) is 49.6 Å². The van der Waals surface area contributed by atoms with Gasteiger partial charge in [0.2, 0.25) is 0 Å². The van der Waals surface area contributed by atoms with Crippen LogP contribution in [0.25, 0.3) is 0 Å². The van der Waals surface area contributed by atoms with Gasteiger partial charge in [0.15, 0.2) is 0 Å². The molecule has 0 aromatic heterocycles. The van der Waals surface area contributed by atoms with E-state index >= 15 is 0 Å². The van der Waals surface area contributed by atoms with Crippen molar-refractivity contribution in [2.45, 2.75) is 46.2 Å². The number of fused-ring (bicyclic) bond motifs is 1. The van der Waals surface area contributed by atoms with Gasteiger partial charge in [0.1, 0.15) is 5.75 Å². The average molecular weight is 346 g/mol. The van der Waals surface area contributed by atoms with Crippen LogP contribution in [0.3, 0.4) is 0 Å². The molecule has 4 heteroatoms. The molecular formula is C21H35N3O. The molecule has 3 rings (SSSR count). The monoisotopic (exact) mass is 345 g/mol. The molecule has 0 spiro atoms. The zero-order valence-electron chi connectivity index (χ0n) is 16.7. The number of benzene rings is 1. The second kappa shape index (κ2) is 8.07. The molecule has 0 N–H and O–H groups in total. The molecule has 2 fully saturated rings. The molecule has 2 aliphatic rings. The first-order chi connectivity index (χ1) is 12.0. The Kier molecular flexibility index (Phi) is 6.03. The molecule has 1 unspecified atom stereocenters. The van der Waals surface area contributed by atoms with Crippen molar-refractivity contribution in [2.24, 2.45) is 0 Å². The first-order valence-electron chi connectivity index (χ1n) is 9.89. The number of hydrogen-bond acceptors (Lipinski definition) is 4. The fraction of sp³-hybridized carbons (Fsp3) is 0.714. The molecule has 140 valence electrons. The van der Waals surface area contributed by atoms with E-state index in [1.165, 1.54) is 56.0 Å². The molecule has 0 amide bonds. The molecule has 2 aliphatic heterocycles. The SMILES string of the molecule is CCOc1cc(C)c(CN2CCN3CCN(C)CC3C2)cc1C(C)C. The summed E-state index contributed by atoms with van der Waals surface area (Å²) >= 11 is 0. The van der Waals surface area contributed by atoms with E-state index in [1.54, 1.807) is 0 Å². The summed E-state index contributed by atoms with van der Waals surface area (Å²) in [7, 11) is 2.25. The molecule has 1 aromatic carbocycles. The van der Waals surface area contributed by atoms with Gasteiger partial charge in [-0.25, -0.2) is 0 Å². The summed E-state index contributed by atoms with van der Waals surface area (Å²) in [6, 6.07) is 5.34. The highest BCUT2D eigenvalue weighted by atomic mass is 16.5. The standard InChI is InChI=1S/C21H35N3O/c1-6-25-21-11-17(4)18(12-20(21)16(2)3)13-23-8-10-24-9-7-22(5)14-19(24)15-23/h11-12,16,19H,6-10,13-15H2,1-5H3. The number of aryl methyl sites for hydroxylation is 1. The van der Waals surface area contributed by atoms with Gasteiger partial charge in [-0.15, -0.1) is 0 Å². The van der Waals surface area contributed by atoms with Crippen molar-refractivity contribution < 1.29 is 4.74 Å². The highest BCUT2D eigenvalue weighted by Crippen LogP contribution is 2.31. The van der Waals surface area contributed by atoms with Gasteiger partial charge < -0.3 is 9.64 Å². The molecule has 25 heavy (non-hydrogen) atoms. The molecule has 0 radical (unpaired) electrons. The van der Waals surface area contributed by atoms with Crippen molar-refractivity contribution in [3.8, 4) is 5.75 Å². The maximum Gasteiger partial charge on any atom is 0.123 e. The molecule has 4 nitrogen and oxygen atoms in total. The summed E-state index contributed by atoms with van der Waals surface area (Å²) in [5, 5.41) is 0. The Hall–Kier alpha value is -1.10. The van der Waals surface area contributed by atoms with Gasteiger partial charge in [0.25, 0.3) is 0 Å². The predicted octanol–water partition coefficient (Wildman–Crippen LogP) is 2.95. The van der Waals surface area contributed by atoms with Crippen molar-refractivity contribution in [3.63, 3.8) is 0 Å². The van der Waals surface area contributed by atoms with Gasteiger partial charge in [-0.1, -0.05) is 19.9 Å². The molecule has 1 aromatic rings. The van der Waals surface area contributed by atoms with Gasteiger partial charge in [0.05, 0.1) is 6.61 Å². The van der Waals surface area contributed by atoms with E-state index in [0.717, 1.165) is 18.9 Å². The van der Waals surface area contributed by atoms with Gasteiger partial charge in [-0.2, -0.15) is 0 Å². The second-order valence-electron chi connectivity index (χ2n) is 8.09. The van der Waals surface area contributed by atoms with Crippen LogP contribution in [0.4, 0.5) is 0 Å². The van der Waals surface area contributed by atoms with Crippen LogP contribution < -0.4 is 4.74 Å². The Balaban J connectivity index is 1.73. The first-order valence-corrected chi connectivity index (χ1v) is 9.89. The van der Waals surface area contributed by atoms with Crippen LogP contribution in [-0.4, -0.2) is 73.7 Å². The number of hydrogen-bond donors (Lipinski definition) is 0. The van der Waals surface area contributed by atoms with Crippen LogP contribution >= 0.6 is 0 Å². The third kappa shape index (κ3) is 4.36. The number of ether oxygens (including phenoxy) is 1. The molecule has 0 bridgehead atoms. The minimum atomic E-state index is 0.491.